The Labute approximate surface area is 138 Å². The Morgan fingerprint density at radius 3 is 2.39 bits per heavy atom. The van der Waals surface area contributed by atoms with E-state index in [1.165, 1.54) is 0 Å². The van der Waals surface area contributed by atoms with E-state index < -0.39 is 24.4 Å². The van der Waals surface area contributed by atoms with Crippen molar-refractivity contribution < 1.29 is 23.9 Å². The zero-order valence-electron chi connectivity index (χ0n) is 14.5. The third-order valence-corrected chi connectivity index (χ3v) is 4.62. The summed E-state index contributed by atoms with van der Waals surface area (Å²) in [6, 6.07) is 5.21. The molecule has 0 radical (unpaired) electrons. The van der Waals surface area contributed by atoms with Crippen LogP contribution in [0.2, 0.25) is 0 Å². The molecule has 1 aromatic rings. The van der Waals surface area contributed by atoms with Crippen LogP contribution in [0.25, 0.3) is 0 Å². The maximum Gasteiger partial charge on any atom is 0.499 e. The summed E-state index contributed by atoms with van der Waals surface area (Å²) in [5.41, 5.74) is 0.0262. The van der Waals surface area contributed by atoms with Crippen LogP contribution >= 0.6 is 0 Å². The molecule has 1 heterocycles. The zero-order valence-corrected chi connectivity index (χ0v) is 14.5. The highest BCUT2D eigenvalue weighted by Gasteiger charge is 2.53. The number of hydrogen-bond acceptors (Lipinski definition) is 5. The number of ether oxygens (including phenoxy) is 1. The minimum atomic E-state index is -0.685. The molecular weight excluding hydrogens is 295 g/mol. The van der Waals surface area contributed by atoms with Crippen LogP contribution in [0.15, 0.2) is 18.2 Å². The fourth-order valence-electron chi connectivity index (χ4n) is 2.31. The molecule has 1 fully saturated rings. The zero-order chi connectivity index (χ0) is 17.3. The van der Waals surface area contributed by atoms with E-state index in [0.717, 1.165) is 6.29 Å². The molecule has 126 valence electrons. The van der Waals surface area contributed by atoms with Gasteiger partial charge in [0, 0.05) is 11.0 Å². The second kappa shape index (κ2) is 6.63. The molecule has 1 atom stereocenters. The number of rotatable bonds is 6. The fraction of sp³-hybridized carbons (Fsp3) is 0.588. The molecule has 0 amide bonds. The molecule has 2 rings (SSSR count). The van der Waals surface area contributed by atoms with E-state index in [-0.39, 0.29) is 6.61 Å². The summed E-state index contributed by atoms with van der Waals surface area (Å²) in [7, 11) is -0.685. The van der Waals surface area contributed by atoms with Crippen LogP contribution in [0.4, 0.5) is 0 Å². The average Bonchev–Trinajstić information content (AvgIpc) is 2.72. The second-order valence-electron chi connectivity index (χ2n) is 6.84. The van der Waals surface area contributed by atoms with Gasteiger partial charge in [0.05, 0.1) is 17.3 Å². The normalized spacial score (nSPS) is 20.3. The minimum absolute atomic E-state index is 0.158. The summed E-state index contributed by atoms with van der Waals surface area (Å²) in [5.74, 6) is 0.501. The first-order valence-electron chi connectivity index (χ1n) is 7.96. The van der Waals surface area contributed by atoms with E-state index in [2.05, 4.69) is 0 Å². The van der Waals surface area contributed by atoms with E-state index in [9.17, 15) is 9.90 Å². The number of carbonyl (C=O) groups is 1. The summed E-state index contributed by atoms with van der Waals surface area (Å²) in [6.07, 6.45) is 0.809. The summed E-state index contributed by atoms with van der Waals surface area (Å²) in [6.45, 7) is 9.86. The van der Waals surface area contributed by atoms with Gasteiger partial charge < -0.3 is 19.2 Å². The van der Waals surface area contributed by atoms with Crippen LogP contribution in [0.5, 0.6) is 5.75 Å². The molecule has 1 aliphatic heterocycles. The Bertz CT molecular complexity index is 554. The van der Waals surface area contributed by atoms with Crippen molar-refractivity contribution >= 4 is 18.9 Å². The molecule has 5 nitrogen and oxygen atoms in total. The van der Waals surface area contributed by atoms with Gasteiger partial charge in [0.2, 0.25) is 0 Å². The molecule has 23 heavy (non-hydrogen) atoms. The molecule has 0 unspecified atom stereocenters. The van der Waals surface area contributed by atoms with Crippen molar-refractivity contribution in [1.29, 1.82) is 0 Å². The Balaban J connectivity index is 2.35. The van der Waals surface area contributed by atoms with E-state index in [4.69, 9.17) is 14.0 Å². The quantitative estimate of drug-likeness (QED) is 0.641. The van der Waals surface area contributed by atoms with Crippen LogP contribution in [0.3, 0.4) is 0 Å². The molecular formula is C17H25BO5. The molecule has 0 spiro atoms. The Morgan fingerprint density at radius 2 is 1.87 bits per heavy atom. The van der Waals surface area contributed by atoms with E-state index in [1.807, 2.05) is 34.6 Å². The highest BCUT2D eigenvalue weighted by atomic mass is 16.7. The van der Waals surface area contributed by atoms with Gasteiger partial charge in [-0.3, -0.25) is 4.79 Å². The monoisotopic (exact) mass is 320 g/mol. The third kappa shape index (κ3) is 3.60. The van der Waals surface area contributed by atoms with Gasteiger partial charge in [-0.25, -0.2) is 0 Å². The smallest absolute Gasteiger partial charge is 0.491 e. The molecule has 0 saturated carbocycles. The van der Waals surface area contributed by atoms with Gasteiger partial charge in [-0.2, -0.15) is 0 Å². The van der Waals surface area contributed by atoms with Crippen LogP contribution < -0.4 is 10.2 Å². The molecule has 1 aliphatic rings. The molecule has 0 aliphatic carbocycles. The Kier molecular flexibility index (Phi) is 5.18. The second-order valence-corrected chi connectivity index (χ2v) is 6.84. The van der Waals surface area contributed by atoms with Crippen molar-refractivity contribution in [3.05, 3.63) is 23.8 Å². The number of hydrogen-bond donors (Lipinski definition) is 1. The van der Waals surface area contributed by atoms with E-state index >= 15 is 0 Å². The lowest BCUT2D eigenvalue weighted by atomic mass is 9.75. The number of benzene rings is 1. The molecule has 0 aromatic heterocycles. The predicted molar refractivity (Wildman–Crippen MR) is 89.3 cm³/mol. The first-order valence-corrected chi connectivity index (χ1v) is 7.96. The van der Waals surface area contributed by atoms with Crippen molar-refractivity contribution in [2.75, 3.05) is 6.61 Å². The summed E-state index contributed by atoms with van der Waals surface area (Å²) < 4.78 is 17.8. The van der Waals surface area contributed by atoms with Crippen LogP contribution in [-0.2, 0) is 9.31 Å². The number of carbonyl (C=O) groups excluding carboxylic acids is 1. The van der Waals surface area contributed by atoms with E-state index in [0.29, 0.717) is 23.2 Å². The minimum Gasteiger partial charge on any atom is -0.491 e. The Morgan fingerprint density at radius 1 is 1.26 bits per heavy atom. The van der Waals surface area contributed by atoms with Crippen molar-refractivity contribution in [1.82, 2.24) is 0 Å². The molecule has 1 saturated heterocycles. The Hall–Kier alpha value is -1.37. The summed E-state index contributed by atoms with van der Waals surface area (Å²) in [4.78, 5) is 11.4. The lowest BCUT2D eigenvalue weighted by Gasteiger charge is -2.32. The van der Waals surface area contributed by atoms with E-state index in [1.54, 1.807) is 18.2 Å². The largest absolute Gasteiger partial charge is 0.499 e. The molecule has 1 aromatic carbocycles. The molecule has 1 N–H and O–H groups in total. The maximum atomic E-state index is 11.4. The van der Waals surface area contributed by atoms with Crippen LogP contribution in [0.1, 0.15) is 51.4 Å². The average molecular weight is 320 g/mol. The van der Waals surface area contributed by atoms with Crippen molar-refractivity contribution in [3.63, 3.8) is 0 Å². The summed E-state index contributed by atoms with van der Waals surface area (Å²) >= 11 is 0. The molecule has 6 heteroatoms. The van der Waals surface area contributed by atoms with Gasteiger partial charge in [-0.05, 0) is 40.2 Å². The topological polar surface area (TPSA) is 65.0 Å². The number of aldehydes is 1. The standard InChI is InChI=1S/C17H25BO5/c1-6-13(20)11-21-14-9-7-8-12(10-19)15(14)18-22-16(2,3)17(4,5)23-18/h7-10,13,20H,6,11H2,1-5H3/t13-/m1/s1. The fourth-order valence-corrected chi connectivity index (χ4v) is 2.31. The summed E-state index contributed by atoms with van der Waals surface area (Å²) in [5, 5.41) is 9.71. The SMILES string of the molecule is CC[C@@H](O)COc1cccc(C=O)c1B1OC(C)(C)C(C)(C)O1. The van der Waals surface area contributed by atoms with Gasteiger partial charge in [-0.1, -0.05) is 19.1 Å². The number of aliphatic hydroxyl groups is 1. The van der Waals surface area contributed by atoms with Gasteiger partial charge in [0.25, 0.3) is 0 Å². The highest BCUT2D eigenvalue weighted by Crippen LogP contribution is 2.37. The van der Waals surface area contributed by atoms with Crippen LogP contribution in [0, 0.1) is 0 Å². The number of aliphatic hydroxyl groups excluding tert-OH is 1. The van der Waals surface area contributed by atoms with Gasteiger partial charge in [-0.15, -0.1) is 0 Å². The van der Waals surface area contributed by atoms with Gasteiger partial charge >= 0.3 is 7.12 Å². The van der Waals surface area contributed by atoms with Gasteiger partial charge in [0.1, 0.15) is 18.6 Å². The lowest BCUT2D eigenvalue weighted by Crippen LogP contribution is -2.41. The maximum absolute atomic E-state index is 11.4. The lowest BCUT2D eigenvalue weighted by molar-refractivity contribution is 0.00578. The van der Waals surface area contributed by atoms with Crippen molar-refractivity contribution in [2.24, 2.45) is 0 Å². The first-order chi connectivity index (χ1) is 10.7. The molecule has 0 bridgehead atoms. The van der Waals surface area contributed by atoms with Crippen molar-refractivity contribution in [2.45, 2.75) is 58.3 Å². The first kappa shape index (κ1) is 18.0. The third-order valence-electron chi connectivity index (χ3n) is 4.62. The van der Waals surface area contributed by atoms with Crippen molar-refractivity contribution in [3.8, 4) is 5.75 Å². The highest BCUT2D eigenvalue weighted by molar-refractivity contribution is 6.64. The van der Waals surface area contributed by atoms with Crippen LogP contribution in [-0.4, -0.2) is 42.4 Å². The predicted octanol–water partition coefficient (Wildman–Crippen LogP) is 1.95. The van der Waals surface area contributed by atoms with Gasteiger partial charge in [0.15, 0.2) is 0 Å².